The van der Waals surface area contributed by atoms with Crippen molar-refractivity contribution in [2.75, 3.05) is 40.3 Å². The molecule has 0 amide bonds. The second kappa shape index (κ2) is 9.56. The Morgan fingerprint density at radius 3 is 2.76 bits per heavy atom. The third-order valence-corrected chi connectivity index (χ3v) is 4.15. The van der Waals surface area contributed by atoms with Crippen molar-refractivity contribution < 1.29 is 9.53 Å². The molecular weight excluding hydrogens is 316 g/mol. The zero-order valence-electron chi connectivity index (χ0n) is 15.8. The minimum Gasteiger partial charge on any atom is -0.426 e. The van der Waals surface area contributed by atoms with E-state index in [1.165, 1.54) is 12.5 Å². The van der Waals surface area contributed by atoms with Gasteiger partial charge in [0.1, 0.15) is 5.75 Å². The van der Waals surface area contributed by atoms with Gasteiger partial charge in [0.2, 0.25) is 0 Å². The van der Waals surface area contributed by atoms with Crippen LogP contribution in [0.2, 0.25) is 0 Å². The number of carbonyl (C=O) groups is 1. The van der Waals surface area contributed by atoms with Gasteiger partial charge in [-0.25, -0.2) is 5.01 Å². The number of hydrogen-bond donors (Lipinski definition) is 2. The summed E-state index contributed by atoms with van der Waals surface area (Å²) < 4.78 is 5.37. The number of nitrogens with zero attached hydrogens (tertiary/aromatic N) is 2. The summed E-state index contributed by atoms with van der Waals surface area (Å²) >= 11 is 0. The van der Waals surface area contributed by atoms with E-state index in [-0.39, 0.29) is 5.97 Å². The maximum absolute atomic E-state index is 11.3. The lowest BCUT2D eigenvalue weighted by Crippen LogP contribution is -2.40. The topological polar surface area (TPSA) is 60.6 Å². The molecule has 0 atom stereocenters. The van der Waals surface area contributed by atoms with Gasteiger partial charge >= 0.3 is 5.97 Å². The van der Waals surface area contributed by atoms with Crippen LogP contribution in [0.3, 0.4) is 0 Å². The van der Waals surface area contributed by atoms with Crippen LogP contribution in [0.15, 0.2) is 24.4 Å². The van der Waals surface area contributed by atoms with E-state index in [1.54, 1.807) is 0 Å². The number of H-pyrrole nitrogens is 1. The first-order chi connectivity index (χ1) is 12.0. The molecule has 6 heteroatoms. The third kappa shape index (κ3) is 5.85. The molecule has 0 saturated heterocycles. The quantitative estimate of drug-likeness (QED) is 0.299. The van der Waals surface area contributed by atoms with E-state index in [0.717, 1.165) is 49.9 Å². The monoisotopic (exact) mass is 346 g/mol. The number of nitrogens with one attached hydrogen (secondary N) is 2. The zero-order chi connectivity index (χ0) is 18.2. The first-order valence-corrected chi connectivity index (χ1v) is 8.91. The van der Waals surface area contributed by atoms with E-state index in [4.69, 9.17) is 4.74 Å². The first kappa shape index (κ1) is 19.4. The van der Waals surface area contributed by atoms with Gasteiger partial charge in [-0.15, -0.1) is 0 Å². The smallest absolute Gasteiger partial charge is 0.308 e. The number of aromatic nitrogens is 1. The average Bonchev–Trinajstić information content (AvgIpc) is 2.98. The van der Waals surface area contributed by atoms with Crippen LogP contribution in [0.25, 0.3) is 10.9 Å². The molecule has 25 heavy (non-hydrogen) atoms. The van der Waals surface area contributed by atoms with Gasteiger partial charge in [0.25, 0.3) is 0 Å². The van der Waals surface area contributed by atoms with Crippen LogP contribution >= 0.6 is 0 Å². The maximum atomic E-state index is 11.3. The summed E-state index contributed by atoms with van der Waals surface area (Å²) in [5.41, 5.74) is 5.66. The fourth-order valence-corrected chi connectivity index (χ4v) is 2.89. The molecule has 6 nitrogen and oxygen atoms in total. The normalized spacial score (nSPS) is 11.6. The molecule has 0 unspecified atom stereocenters. The molecular formula is C19H30N4O2. The molecule has 0 saturated carbocycles. The number of likely N-dealkylation sites (N-methyl/N-ethyl adjacent to an activating group) is 1. The Morgan fingerprint density at radius 1 is 1.28 bits per heavy atom. The molecule has 2 rings (SSSR count). The van der Waals surface area contributed by atoms with Gasteiger partial charge in [-0.05, 0) is 51.2 Å². The number of carbonyl (C=O) groups excluding carboxylic acids is 1. The van der Waals surface area contributed by atoms with Crippen molar-refractivity contribution in [3.63, 3.8) is 0 Å². The van der Waals surface area contributed by atoms with Gasteiger partial charge in [0, 0.05) is 43.7 Å². The van der Waals surface area contributed by atoms with E-state index in [1.807, 2.05) is 24.4 Å². The Labute approximate surface area is 150 Å². The highest BCUT2D eigenvalue weighted by molar-refractivity contribution is 5.91. The van der Waals surface area contributed by atoms with Gasteiger partial charge in [-0.2, -0.15) is 0 Å². The van der Waals surface area contributed by atoms with E-state index in [0.29, 0.717) is 5.75 Å². The molecule has 0 aliphatic carbocycles. The number of hydrogen-bond acceptors (Lipinski definition) is 5. The van der Waals surface area contributed by atoms with Gasteiger partial charge in [-0.3, -0.25) is 10.2 Å². The van der Waals surface area contributed by atoms with E-state index in [9.17, 15) is 4.79 Å². The molecule has 1 aromatic carbocycles. The SMILES string of the molecule is CCN(CCc1c[nH]c2cccc(OC(C)=O)c12)NCCCN(C)C. The average molecular weight is 346 g/mol. The number of hydrazine groups is 1. The summed E-state index contributed by atoms with van der Waals surface area (Å²) in [5, 5.41) is 3.24. The van der Waals surface area contributed by atoms with E-state index >= 15 is 0 Å². The lowest BCUT2D eigenvalue weighted by molar-refractivity contribution is -0.131. The van der Waals surface area contributed by atoms with Crippen molar-refractivity contribution in [3.05, 3.63) is 30.0 Å². The van der Waals surface area contributed by atoms with Gasteiger partial charge in [-0.1, -0.05) is 13.0 Å². The Morgan fingerprint density at radius 2 is 2.08 bits per heavy atom. The molecule has 0 aliphatic rings. The number of rotatable bonds is 10. The van der Waals surface area contributed by atoms with Crippen LogP contribution in [0.4, 0.5) is 0 Å². The predicted octanol–water partition coefficient (Wildman–Crippen LogP) is 2.41. The molecule has 2 N–H and O–H groups in total. The number of aromatic amines is 1. The highest BCUT2D eigenvalue weighted by atomic mass is 16.5. The fourth-order valence-electron chi connectivity index (χ4n) is 2.89. The van der Waals surface area contributed by atoms with Crippen molar-refractivity contribution in [1.29, 1.82) is 0 Å². The Hall–Kier alpha value is -1.89. The summed E-state index contributed by atoms with van der Waals surface area (Å²) in [7, 11) is 4.19. The van der Waals surface area contributed by atoms with Crippen LogP contribution in [0, 0.1) is 0 Å². The summed E-state index contributed by atoms with van der Waals surface area (Å²) in [6.45, 7) is 7.48. The lowest BCUT2D eigenvalue weighted by atomic mass is 10.1. The molecule has 0 radical (unpaired) electrons. The Bertz CT molecular complexity index is 681. The highest BCUT2D eigenvalue weighted by Crippen LogP contribution is 2.29. The second-order valence-corrected chi connectivity index (χ2v) is 6.48. The van der Waals surface area contributed by atoms with Crippen molar-refractivity contribution in [3.8, 4) is 5.75 Å². The third-order valence-electron chi connectivity index (χ3n) is 4.15. The van der Waals surface area contributed by atoms with E-state index in [2.05, 4.69) is 41.3 Å². The summed E-state index contributed by atoms with van der Waals surface area (Å²) in [6, 6.07) is 5.74. The van der Waals surface area contributed by atoms with Crippen LogP contribution in [-0.4, -0.2) is 61.1 Å². The number of esters is 1. The minimum absolute atomic E-state index is 0.294. The molecule has 0 bridgehead atoms. The van der Waals surface area contributed by atoms with Crippen LogP contribution < -0.4 is 10.2 Å². The molecule has 1 heterocycles. The fraction of sp³-hybridized carbons (Fsp3) is 0.526. The molecule has 138 valence electrons. The summed E-state index contributed by atoms with van der Waals surface area (Å²) in [6.07, 6.45) is 4.01. The van der Waals surface area contributed by atoms with Gasteiger partial charge < -0.3 is 14.6 Å². The maximum Gasteiger partial charge on any atom is 0.308 e. The molecule has 1 aromatic heterocycles. The van der Waals surface area contributed by atoms with Gasteiger partial charge in [0.15, 0.2) is 0 Å². The van der Waals surface area contributed by atoms with E-state index < -0.39 is 0 Å². The molecule has 0 aliphatic heterocycles. The number of ether oxygens (including phenoxy) is 1. The zero-order valence-corrected chi connectivity index (χ0v) is 15.8. The van der Waals surface area contributed by atoms with Gasteiger partial charge in [0.05, 0.1) is 0 Å². The predicted molar refractivity (Wildman–Crippen MR) is 102 cm³/mol. The van der Waals surface area contributed by atoms with Crippen molar-refractivity contribution in [2.24, 2.45) is 0 Å². The lowest BCUT2D eigenvalue weighted by Gasteiger charge is -2.22. The molecule has 2 aromatic rings. The van der Waals surface area contributed by atoms with Crippen LogP contribution in [-0.2, 0) is 11.2 Å². The minimum atomic E-state index is -0.294. The van der Waals surface area contributed by atoms with Crippen LogP contribution in [0.5, 0.6) is 5.75 Å². The van der Waals surface area contributed by atoms with Crippen molar-refractivity contribution in [1.82, 2.24) is 20.3 Å². The molecule has 0 spiro atoms. The van der Waals surface area contributed by atoms with Crippen molar-refractivity contribution >= 4 is 16.9 Å². The van der Waals surface area contributed by atoms with Crippen molar-refractivity contribution in [2.45, 2.75) is 26.7 Å². The molecule has 0 fully saturated rings. The largest absolute Gasteiger partial charge is 0.426 e. The van der Waals surface area contributed by atoms with Crippen LogP contribution in [0.1, 0.15) is 25.8 Å². The number of fused-ring (bicyclic) bond motifs is 1. The highest BCUT2D eigenvalue weighted by Gasteiger charge is 2.12. The first-order valence-electron chi connectivity index (χ1n) is 8.91. The summed E-state index contributed by atoms with van der Waals surface area (Å²) in [4.78, 5) is 16.8. The Balaban J connectivity index is 1.98. The summed E-state index contributed by atoms with van der Waals surface area (Å²) in [5.74, 6) is 0.334. The second-order valence-electron chi connectivity index (χ2n) is 6.48. The Kier molecular flexibility index (Phi) is 7.43. The standard InChI is InChI=1S/C19H30N4O2/c1-5-23(21-11-7-12-22(3)4)13-10-16-14-20-17-8-6-9-18(19(16)17)25-15(2)24/h6,8-9,14,20-21H,5,7,10-13H2,1-4H3. The number of benzene rings is 1.